The fraction of sp³-hybridized carbons (Fsp3) is 0.125. The van der Waals surface area contributed by atoms with E-state index in [0.717, 1.165) is 12.1 Å². The van der Waals surface area contributed by atoms with E-state index in [4.69, 9.17) is 4.42 Å². The lowest BCUT2D eigenvalue weighted by Gasteiger charge is -2.15. The molecular formula is C32H8F12N6OS. The lowest BCUT2D eigenvalue weighted by molar-refractivity contribution is -0.144. The molecule has 0 atom stereocenters. The Morgan fingerprint density at radius 2 is 1.00 bits per heavy atom. The summed E-state index contributed by atoms with van der Waals surface area (Å²) < 4.78 is 171. The number of alkyl halides is 12. The first-order valence-electron chi connectivity index (χ1n) is 13.5. The van der Waals surface area contributed by atoms with Crippen LogP contribution in [0.4, 0.5) is 52.7 Å². The van der Waals surface area contributed by atoms with Crippen LogP contribution in [-0.2, 0) is 24.7 Å². The third-order valence-electron chi connectivity index (χ3n) is 7.03. The molecule has 5 aromatic rings. The number of hydrogen-bond acceptors (Lipinski definition) is 8. The van der Waals surface area contributed by atoms with Crippen molar-refractivity contribution in [2.75, 3.05) is 0 Å². The van der Waals surface area contributed by atoms with Crippen molar-refractivity contribution in [2.45, 2.75) is 24.7 Å². The van der Waals surface area contributed by atoms with Crippen molar-refractivity contribution in [3.8, 4) is 46.7 Å². The Morgan fingerprint density at radius 1 is 0.558 bits per heavy atom. The van der Waals surface area contributed by atoms with Crippen molar-refractivity contribution in [3.63, 3.8) is 0 Å². The molecule has 0 unspecified atom stereocenters. The van der Waals surface area contributed by atoms with Gasteiger partial charge < -0.3 is 4.42 Å². The zero-order chi connectivity index (χ0) is 38.6. The number of oxazole rings is 1. The maximum absolute atomic E-state index is 13.9. The van der Waals surface area contributed by atoms with Gasteiger partial charge >= 0.3 is 24.7 Å². The van der Waals surface area contributed by atoms with Gasteiger partial charge in [0.2, 0.25) is 5.55 Å². The number of nitrogens with zero attached hydrogens (tertiary/aromatic N) is 6. The van der Waals surface area contributed by atoms with Gasteiger partial charge in [0, 0.05) is 10.8 Å². The molecule has 20 heteroatoms. The van der Waals surface area contributed by atoms with Crippen molar-refractivity contribution in [1.82, 2.24) is 9.97 Å². The molecule has 0 aliphatic rings. The predicted octanol–water partition coefficient (Wildman–Crippen LogP) is 8.38. The number of fused-ring (bicyclic) bond motifs is 1. The maximum Gasteiger partial charge on any atom is 0.416 e. The first kappa shape index (κ1) is 36.9. The summed E-state index contributed by atoms with van der Waals surface area (Å²) in [5.41, 5.74) is -13.4. The Hall–Kier alpha value is -6.38. The number of hydrogen-bond donors (Lipinski definition) is 0. The SMILES string of the molecule is N#CC(C#N)=c1nc2cc(-c3cc(C(F)(F)F)cc(C(F)(F)F)c3)/c(=c3\sc(=C(C#N)C#N)nc3-c3cc(C(F)(F)F)cc(C(F)(F)F)c3)cc2o1. The molecule has 0 spiro atoms. The fourth-order valence-corrected chi connectivity index (χ4v) is 5.82. The van der Waals surface area contributed by atoms with Gasteiger partial charge in [0.25, 0.3) is 0 Å². The molecule has 3 aromatic carbocycles. The average Bonchev–Trinajstić information content (AvgIpc) is 3.68. The van der Waals surface area contributed by atoms with Gasteiger partial charge in [-0.2, -0.15) is 73.7 Å². The van der Waals surface area contributed by atoms with Crippen molar-refractivity contribution in [1.29, 1.82) is 21.0 Å². The van der Waals surface area contributed by atoms with Crippen molar-refractivity contribution >= 4 is 33.6 Å². The Balaban J connectivity index is 2.13. The summed E-state index contributed by atoms with van der Waals surface area (Å²) in [6, 6.07) is 8.10. The van der Waals surface area contributed by atoms with E-state index >= 15 is 0 Å². The minimum Gasteiger partial charge on any atom is -0.435 e. The molecule has 0 aliphatic carbocycles. The molecular weight excluding hydrogens is 744 g/mol. The van der Waals surface area contributed by atoms with Crippen LogP contribution < -0.4 is 10.2 Å². The lowest BCUT2D eigenvalue weighted by Crippen LogP contribution is -2.11. The van der Waals surface area contributed by atoms with Crippen LogP contribution in [0.1, 0.15) is 22.3 Å². The first-order valence-corrected chi connectivity index (χ1v) is 14.3. The summed E-state index contributed by atoms with van der Waals surface area (Å²) in [6.45, 7) is 0. The second-order valence-corrected chi connectivity index (χ2v) is 11.4. The average molecular weight is 753 g/mol. The molecule has 5 rings (SSSR count). The molecule has 0 N–H and O–H groups in total. The van der Waals surface area contributed by atoms with E-state index < -0.39 is 106 Å². The largest absolute Gasteiger partial charge is 0.435 e. The Kier molecular flexibility index (Phi) is 9.04. The number of aromatic nitrogens is 2. The molecule has 0 fully saturated rings. The molecule has 0 saturated carbocycles. The zero-order valence-corrected chi connectivity index (χ0v) is 25.5. The highest BCUT2D eigenvalue weighted by Gasteiger charge is 2.39. The smallest absolute Gasteiger partial charge is 0.416 e. The van der Waals surface area contributed by atoms with E-state index in [-0.39, 0.29) is 53.3 Å². The molecule has 2 heterocycles. The van der Waals surface area contributed by atoms with Crippen LogP contribution in [0.15, 0.2) is 52.9 Å². The van der Waals surface area contributed by atoms with Crippen LogP contribution in [0.2, 0.25) is 0 Å². The topological polar surface area (TPSA) is 134 Å². The number of rotatable bonds is 2. The van der Waals surface area contributed by atoms with E-state index in [1.54, 1.807) is 0 Å². The van der Waals surface area contributed by atoms with Gasteiger partial charge in [-0.3, -0.25) is 0 Å². The summed E-state index contributed by atoms with van der Waals surface area (Å²) in [7, 11) is 0. The molecule has 0 bridgehead atoms. The highest BCUT2D eigenvalue weighted by atomic mass is 32.1. The third-order valence-corrected chi connectivity index (χ3v) is 8.14. The maximum atomic E-state index is 13.9. The number of nitriles is 4. The van der Waals surface area contributed by atoms with E-state index in [1.165, 1.54) is 24.3 Å². The molecule has 0 amide bonds. The van der Waals surface area contributed by atoms with Crippen molar-refractivity contribution in [3.05, 3.63) is 90.7 Å². The second-order valence-electron chi connectivity index (χ2n) is 10.4. The van der Waals surface area contributed by atoms with Gasteiger partial charge in [0.05, 0.1) is 32.5 Å². The summed E-state index contributed by atoms with van der Waals surface area (Å²) in [6.07, 6.45) is -21.5. The van der Waals surface area contributed by atoms with Gasteiger partial charge in [-0.25, -0.2) is 9.97 Å². The zero-order valence-electron chi connectivity index (χ0n) is 24.7. The van der Waals surface area contributed by atoms with Crippen LogP contribution >= 0.6 is 11.3 Å². The molecule has 0 aliphatic heterocycles. The normalized spacial score (nSPS) is 12.8. The Labute approximate surface area is 283 Å². The van der Waals surface area contributed by atoms with Crippen LogP contribution in [0.5, 0.6) is 0 Å². The molecule has 262 valence electrons. The minimum absolute atomic E-state index is 0.199. The lowest BCUT2D eigenvalue weighted by atomic mass is 9.96. The highest BCUT2D eigenvalue weighted by molar-refractivity contribution is 7.08. The fourth-order valence-electron chi connectivity index (χ4n) is 4.76. The van der Waals surface area contributed by atoms with Crippen LogP contribution in [0.25, 0.3) is 44.6 Å². The summed E-state index contributed by atoms with van der Waals surface area (Å²) in [5.74, 6) is 0. The van der Waals surface area contributed by atoms with E-state index in [1.807, 2.05) is 0 Å². The van der Waals surface area contributed by atoms with Crippen molar-refractivity contribution in [2.24, 2.45) is 0 Å². The number of halogens is 12. The summed E-state index contributed by atoms with van der Waals surface area (Å²) in [4.78, 5) is 7.83. The third kappa shape index (κ3) is 7.10. The monoisotopic (exact) mass is 752 g/mol. The van der Waals surface area contributed by atoms with E-state index in [0.29, 0.717) is 0 Å². The van der Waals surface area contributed by atoms with E-state index in [2.05, 4.69) is 9.97 Å². The molecule has 0 saturated heterocycles. The second kappa shape index (κ2) is 12.7. The van der Waals surface area contributed by atoms with E-state index in [9.17, 15) is 73.7 Å². The van der Waals surface area contributed by atoms with Crippen LogP contribution in [0.3, 0.4) is 0 Å². The highest BCUT2D eigenvalue weighted by Crippen LogP contribution is 2.41. The van der Waals surface area contributed by atoms with Gasteiger partial charge in [0.15, 0.2) is 16.7 Å². The van der Waals surface area contributed by atoms with Gasteiger partial charge in [-0.05, 0) is 59.7 Å². The Bertz CT molecular complexity index is 2600. The predicted molar refractivity (Wildman–Crippen MR) is 153 cm³/mol. The van der Waals surface area contributed by atoms with Gasteiger partial charge in [-0.15, -0.1) is 11.3 Å². The van der Waals surface area contributed by atoms with Crippen LogP contribution in [-0.4, -0.2) is 9.97 Å². The Morgan fingerprint density at radius 3 is 1.42 bits per heavy atom. The molecule has 0 radical (unpaired) electrons. The molecule has 7 nitrogen and oxygen atoms in total. The van der Waals surface area contributed by atoms with Crippen molar-refractivity contribution < 1.29 is 57.1 Å². The standard InChI is InChI=1S/C32H8F12N6OS/c33-29(34,35)17-1-13(2-18(5-17)30(36,37)38)21-7-23-24(51-27(49-23)15(9-45)10-46)8-22(21)26-25(50-28(52-26)16(11-47)12-48)14-3-19(31(39,40)41)6-20(4-14)32(42,43)44/h1-8H/b26-22-. The summed E-state index contributed by atoms with van der Waals surface area (Å²) >= 11 is 0.278. The van der Waals surface area contributed by atoms with Gasteiger partial charge in [-0.1, -0.05) is 0 Å². The molecule has 2 aromatic heterocycles. The molecule has 52 heavy (non-hydrogen) atoms. The summed E-state index contributed by atoms with van der Waals surface area (Å²) in [5, 5.41) is 37.0. The van der Waals surface area contributed by atoms with Gasteiger partial charge in [0.1, 0.15) is 34.5 Å². The number of benzene rings is 3. The minimum atomic E-state index is -5.38. The number of thiazole rings is 1. The quantitative estimate of drug-likeness (QED) is 0.166. The van der Waals surface area contributed by atoms with Crippen LogP contribution in [0, 0.1) is 55.1 Å². The first-order chi connectivity index (χ1) is 24.1.